The van der Waals surface area contributed by atoms with E-state index < -0.39 is 0 Å². The Morgan fingerprint density at radius 3 is 2.71 bits per heavy atom. The highest BCUT2D eigenvalue weighted by Gasteiger charge is 2.16. The number of benzene rings is 1. The molecule has 21 heavy (non-hydrogen) atoms. The lowest BCUT2D eigenvalue weighted by Gasteiger charge is -2.21. The molecule has 1 N–H and O–H groups in total. The van der Waals surface area contributed by atoms with Crippen molar-refractivity contribution in [3.05, 3.63) is 47.8 Å². The van der Waals surface area contributed by atoms with Crippen molar-refractivity contribution in [3.8, 4) is 5.75 Å². The van der Waals surface area contributed by atoms with E-state index in [-0.39, 0.29) is 6.04 Å². The quantitative estimate of drug-likeness (QED) is 0.809. The van der Waals surface area contributed by atoms with E-state index in [2.05, 4.69) is 29.5 Å². The number of ether oxygens (including phenoxy) is 1. The molecule has 0 radical (unpaired) electrons. The maximum absolute atomic E-state index is 5.77. The average Bonchev–Trinajstić information content (AvgIpc) is 2.90. The lowest BCUT2D eigenvalue weighted by molar-refractivity contribution is 0.326. The van der Waals surface area contributed by atoms with Crippen molar-refractivity contribution in [2.24, 2.45) is 0 Å². The van der Waals surface area contributed by atoms with Gasteiger partial charge >= 0.3 is 0 Å². The topological polar surface area (TPSA) is 39.1 Å². The lowest BCUT2D eigenvalue weighted by atomic mass is 10.1. The van der Waals surface area contributed by atoms with E-state index in [0.717, 1.165) is 31.0 Å². The largest absolute Gasteiger partial charge is 0.494 e. The number of para-hydroxylation sites is 1. The Morgan fingerprint density at radius 2 is 2.05 bits per heavy atom. The van der Waals surface area contributed by atoms with Crippen LogP contribution in [-0.2, 0) is 6.54 Å². The lowest BCUT2D eigenvalue weighted by Crippen LogP contribution is -2.27. The summed E-state index contributed by atoms with van der Waals surface area (Å²) in [5.74, 6) is 0.956. The van der Waals surface area contributed by atoms with E-state index >= 15 is 0 Å². The highest BCUT2D eigenvalue weighted by molar-refractivity contribution is 5.36. The van der Waals surface area contributed by atoms with Crippen molar-refractivity contribution in [1.29, 1.82) is 0 Å². The first-order chi connectivity index (χ1) is 10.2. The molecule has 1 atom stereocenters. The first-order valence-electron chi connectivity index (χ1n) is 7.69. The van der Waals surface area contributed by atoms with Gasteiger partial charge in [0.1, 0.15) is 5.75 Å². The molecule has 0 saturated heterocycles. The molecule has 1 aromatic carbocycles. The number of hydrogen-bond acceptors (Lipinski definition) is 3. The molecule has 1 aromatic heterocycles. The third kappa shape index (κ3) is 4.33. The highest BCUT2D eigenvalue weighted by atomic mass is 16.5. The summed E-state index contributed by atoms with van der Waals surface area (Å²) in [7, 11) is 0. The first kappa shape index (κ1) is 15.6. The fourth-order valence-corrected chi connectivity index (χ4v) is 2.40. The molecule has 0 aliphatic heterocycles. The summed E-state index contributed by atoms with van der Waals surface area (Å²) in [5, 5.41) is 8.10. The maximum Gasteiger partial charge on any atom is 0.124 e. The minimum Gasteiger partial charge on any atom is -0.494 e. The van der Waals surface area contributed by atoms with Crippen molar-refractivity contribution in [2.75, 3.05) is 13.2 Å². The maximum atomic E-state index is 5.77. The van der Waals surface area contributed by atoms with Crippen LogP contribution in [0.5, 0.6) is 5.75 Å². The zero-order chi connectivity index (χ0) is 15.1. The Balaban J connectivity index is 2.22. The van der Waals surface area contributed by atoms with Gasteiger partial charge in [0, 0.05) is 11.8 Å². The zero-order valence-electron chi connectivity index (χ0n) is 13.2. The highest BCUT2D eigenvalue weighted by Crippen LogP contribution is 2.26. The third-order valence-electron chi connectivity index (χ3n) is 3.38. The van der Waals surface area contributed by atoms with Crippen molar-refractivity contribution >= 4 is 0 Å². The zero-order valence-corrected chi connectivity index (χ0v) is 13.2. The molecule has 0 saturated carbocycles. The predicted molar refractivity (Wildman–Crippen MR) is 85.6 cm³/mol. The number of nitrogens with zero attached hydrogens (tertiary/aromatic N) is 2. The summed E-state index contributed by atoms with van der Waals surface area (Å²) in [4.78, 5) is 0. The van der Waals surface area contributed by atoms with Crippen LogP contribution in [-0.4, -0.2) is 22.9 Å². The van der Waals surface area contributed by atoms with Crippen molar-refractivity contribution in [2.45, 2.75) is 39.8 Å². The van der Waals surface area contributed by atoms with Crippen LogP contribution in [0.4, 0.5) is 0 Å². The van der Waals surface area contributed by atoms with Crippen molar-refractivity contribution < 1.29 is 4.74 Å². The molecular formula is C17H25N3O. The molecule has 2 aromatic rings. The van der Waals surface area contributed by atoms with Crippen LogP contribution in [0, 0.1) is 6.92 Å². The fourth-order valence-electron chi connectivity index (χ4n) is 2.40. The summed E-state index contributed by atoms with van der Waals surface area (Å²) in [6, 6.07) is 10.5. The van der Waals surface area contributed by atoms with Gasteiger partial charge in [0.15, 0.2) is 0 Å². The number of hydrogen-bond donors (Lipinski definition) is 1. The standard InChI is InChI=1S/C17H25N3O/c1-4-11-18-16(13-20-12-10-14(3)19-20)15-8-6-7-9-17(15)21-5-2/h6-10,12,16,18H,4-5,11,13H2,1-3H3. The van der Waals surface area contributed by atoms with Gasteiger partial charge in [-0.2, -0.15) is 5.10 Å². The monoisotopic (exact) mass is 287 g/mol. The number of rotatable bonds is 8. The predicted octanol–water partition coefficient (Wildman–Crippen LogP) is 3.33. The molecule has 0 fully saturated rings. The van der Waals surface area contributed by atoms with E-state index in [0.29, 0.717) is 6.61 Å². The summed E-state index contributed by atoms with van der Waals surface area (Å²) in [6.45, 7) is 8.67. The summed E-state index contributed by atoms with van der Waals surface area (Å²) < 4.78 is 7.76. The van der Waals surface area contributed by atoms with E-state index in [4.69, 9.17) is 4.74 Å². The normalized spacial score (nSPS) is 12.3. The molecule has 1 heterocycles. The summed E-state index contributed by atoms with van der Waals surface area (Å²) in [6.07, 6.45) is 3.13. The van der Waals surface area contributed by atoms with Crippen LogP contribution in [0.25, 0.3) is 0 Å². The summed E-state index contributed by atoms with van der Waals surface area (Å²) in [5.41, 5.74) is 2.24. The third-order valence-corrected chi connectivity index (χ3v) is 3.38. The molecule has 1 unspecified atom stereocenters. The fraction of sp³-hybridized carbons (Fsp3) is 0.471. The molecule has 114 valence electrons. The van der Waals surface area contributed by atoms with Gasteiger partial charge < -0.3 is 10.1 Å². The Bertz CT molecular complexity index is 550. The molecule has 0 aliphatic rings. The Hall–Kier alpha value is -1.81. The van der Waals surface area contributed by atoms with Crippen LogP contribution >= 0.6 is 0 Å². The van der Waals surface area contributed by atoms with E-state index in [1.807, 2.05) is 42.9 Å². The molecule has 0 bridgehead atoms. The van der Waals surface area contributed by atoms with Crippen molar-refractivity contribution in [3.63, 3.8) is 0 Å². The van der Waals surface area contributed by atoms with Gasteiger partial charge in [-0.1, -0.05) is 25.1 Å². The number of nitrogens with one attached hydrogen (secondary N) is 1. The van der Waals surface area contributed by atoms with Crippen molar-refractivity contribution in [1.82, 2.24) is 15.1 Å². The van der Waals surface area contributed by atoms with E-state index in [1.54, 1.807) is 0 Å². The molecular weight excluding hydrogens is 262 g/mol. The Morgan fingerprint density at radius 1 is 1.24 bits per heavy atom. The van der Waals surface area contributed by atoms with Gasteiger partial charge in [0.25, 0.3) is 0 Å². The summed E-state index contributed by atoms with van der Waals surface area (Å²) >= 11 is 0. The first-order valence-corrected chi connectivity index (χ1v) is 7.69. The van der Waals surface area contributed by atoms with Crippen LogP contribution < -0.4 is 10.1 Å². The SMILES string of the molecule is CCCNC(Cn1ccc(C)n1)c1ccccc1OCC. The van der Waals surface area contributed by atoms with Gasteiger partial charge in [-0.3, -0.25) is 4.68 Å². The van der Waals surface area contributed by atoms with E-state index in [1.165, 1.54) is 5.56 Å². The van der Waals surface area contributed by atoms with Gasteiger partial charge in [-0.15, -0.1) is 0 Å². The number of aryl methyl sites for hydroxylation is 1. The molecule has 4 heteroatoms. The van der Waals surface area contributed by atoms with Gasteiger partial charge in [-0.05, 0) is 38.9 Å². The van der Waals surface area contributed by atoms with Crippen LogP contribution in [0.2, 0.25) is 0 Å². The van der Waals surface area contributed by atoms with Crippen LogP contribution in [0.15, 0.2) is 36.5 Å². The molecule has 2 rings (SSSR count). The van der Waals surface area contributed by atoms with Crippen LogP contribution in [0.1, 0.15) is 37.6 Å². The minimum absolute atomic E-state index is 0.201. The van der Waals surface area contributed by atoms with Crippen LogP contribution in [0.3, 0.4) is 0 Å². The molecule has 0 amide bonds. The second-order valence-corrected chi connectivity index (χ2v) is 5.16. The Kier molecular flexibility index (Phi) is 5.81. The average molecular weight is 287 g/mol. The molecule has 4 nitrogen and oxygen atoms in total. The molecule has 0 spiro atoms. The second kappa shape index (κ2) is 7.84. The van der Waals surface area contributed by atoms with Gasteiger partial charge in [0.2, 0.25) is 0 Å². The second-order valence-electron chi connectivity index (χ2n) is 5.16. The van der Waals surface area contributed by atoms with Gasteiger partial charge in [-0.25, -0.2) is 0 Å². The molecule has 0 aliphatic carbocycles. The Labute approximate surface area is 127 Å². The number of aromatic nitrogens is 2. The smallest absolute Gasteiger partial charge is 0.124 e. The minimum atomic E-state index is 0.201. The van der Waals surface area contributed by atoms with E-state index in [9.17, 15) is 0 Å². The van der Waals surface area contributed by atoms with Gasteiger partial charge in [0.05, 0.1) is 24.9 Å².